The molecule has 136 valence electrons. The summed E-state index contributed by atoms with van der Waals surface area (Å²) < 4.78 is 1.62. The Balaban J connectivity index is 1.74. The fourth-order valence-corrected chi connectivity index (χ4v) is 2.59. The van der Waals surface area contributed by atoms with E-state index in [0.717, 1.165) is 5.52 Å². The van der Waals surface area contributed by atoms with Gasteiger partial charge in [0.15, 0.2) is 5.69 Å². The van der Waals surface area contributed by atoms with Crippen LogP contribution in [0.4, 0.5) is 5.69 Å². The van der Waals surface area contributed by atoms with E-state index in [0.29, 0.717) is 17.5 Å². The zero-order valence-electron chi connectivity index (χ0n) is 14.4. The standard InChI is InChI=1S/C19H17N5O3/c1-2-11-24-15-6-4-3-5-14(15)17(19(24)27)23-22-16(25)12-21-18(26)13-7-9-20-10-8-13/h2-10,27H,1,11-12H2,(H,21,26). The summed E-state index contributed by atoms with van der Waals surface area (Å²) in [5.41, 5.74) is 1.34. The molecule has 8 heteroatoms. The van der Waals surface area contributed by atoms with Gasteiger partial charge in [-0.05, 0) is 18.2 Å². The number of nitrogens with zero attached hydrogens (tertiary/aromatic N) is 4. The van der Waals surface area contributed by atoms with Crippen molar-refractivity contribution in [2.45, 2.75) is 6.54 Å². The summed E-state index contributed by atoms with van der Waals surface area (Å²) in [5.74, 6) is -1.16. The Morgan fingerprint density at radius 1 is 1.22 bits per heavy atom. The minimum atomic E-state index is -0.641. The van der Waals surface area contributed by atoms with Gasteiger partial charge in [-0.3, -0.25) is 14.6 Å². The fraction of sp³-hybridized carbons (Fsp3) is 0.105. The highest BCUT2D eigenvalue weighted by atomic mass is 16.3. The van der Waals surface area contributed by atoms with Crippen LogP contribution in [0.3, 0.4) is 0 Å². The zero-order valence-corrected chi connectivity index (χ0v) is 14.4. The summed E-state index contributed by atoms with van der Waals surface area (Å²) in [6.45, 7) is 3.75. The van der Waals surface area contributed by atoms with Crippen LogP contribution < -0.4 is 5.32 Å². The van der Waals surface area contributed by atoms with Crippen LogP contribution in [0, 0.1) is 0 Å². The van der Waals surface area contributed by atoms with E-state index in [2.05, 4.69) is 27.1 Å². The van der Waals surface area contributed by atoms with Gasteiger partial charge in [0.1, 0.15) is 6.54 Å². The summed E-state index contributed by atoms with van der Waals surface area (Å²) in [7, 11) is 0. The minimum absolute atomic E-state index is 0.103. The van der Waals surface area contributed by atoms with E-state index >= 15 is 0 Å². The number of pyridine rings is 1. The molecule has 3 rings (SSSR count). The normalized spacial score (nSPS) is 11.0. The maximum Gasteiger partial charge on any atom is 0.283 e. The number of nitrogens with one attached hydrogen (secondary N) is 1. The van der Waals surface area contributed by atoms with Crippen LogP contribution in [0.1, 0.15) is 10.4 Å². The van der Waals surface area contributed by atoms with Crippen molar-refractivity contribution in [1.82, 2.24) is 14.9 Å². The number of hydrogen-bond donors (Lipinski definition) is 2. The Hall–Kier alpha value is -3.81. The number of hydrogen-bond acceptors (Lipinski definition) is 5. The van der Waals surface area contributed by atoms with Gasteiger partial charge in [0.05, 0.1) is 5.52 Å². The Bertz CT molecular complexity index is 1020. The molecule has 0 aliphatic heterocycles. The van der Waals surface area contributed by atoms with Gasteiger partial charge in [0.2, 0.25) is 5.88 Å². The van der Waals surface area contributed by atoms with E-state index in [1.54, 1.807) is 22.8 Å². The number of azo groups is 1. The molecule has 2 N–H and O–H groups in total. The molecule has 0 aliphatic carbocycles. The second-order valence-electron chi connectivity index (χ2n) is 5.60. The molecule has 0 unspecified atom stereocenters. The van der Waals surface area contributed by atoms with E-state index in [1.165, 1.54) is 24.5 Å². The molecule has 0 aliphatic rings. The third kappa shape index (κ3) is 3.90. The third-order valence-corrected chi connectivity index (χ3v) is 3.83. The van der Waals surface area contributed by atoms with Gasteiger partial charge in [-0.1, -0.05) is 24.3 Å². The van der Waals surface area contributed by atoms with Crippen LogP contribution >= 0.6 is 0 Å². The molecule has 0 bridgehead atoms. The van der Waals surface area contributed by atoms with E-state index in [4.69, 9.17) is 0 Å². The van der Waals surface area contributed by atoms with Gasteiger partial charge in [-0.25, -0.2) is 0 Å². The van der Waals surface area contributed by atoms with E-state index in [-0.39, 0.29) is 18.1 Å². The smallest absolute Gasteiger partial charge is 0.283 e. The van der Waals surface area contributed by atoms with Crippen molar-refractivity contribution in [2.75, 3.05) is 6.54 Å². The molecule has 0 saturated carbocycles. The van der Waals surface area contributed by atoms with Gasteiger partial charge in [0, 0.05) is 29.9 Å². The Kier molecular flexibility index (Phi) is 5.36. The van der Waals surface area contributed by atoms with E-state index < -0.39 is 11.8 Å². The number of amides is 2. The Morgan fingerprint density at radius 2 is 1.96 bits per heavy atom. The maximum atomic E-state index is 11.9. The van der Waals surface area contributed by atoms with Crippen molar-refractivity contribution in [3.63, 3.8) is 0 Å². The third-order valence-electron chi connectivity index (χ3n) is 3.83. The summed E-state index contributed by atoms with van der Waals surface area (Å²) >= 11 is 0. The summed E-state index contributed by atoms with van der Waals surface area (Å²) in [5, 5.41) is 21.0. The number of carbonyl (C=O) groups is 2. The van der Waals surface area contributed by atoms with Crippen molar-refractivity contribution in [3.8, 4) is 5.88 Å². The number of benzene rings is 1. The molecule has 0 saturated heterocycles. The molecule has 0 atom stereocenters. The second kappa shape index (κ2) is 8.05. The highest BCUT2D eigenvalue weighted by Gasteiger charge is 2.16. The highest BCUT2D eigenvalue weighted by molar-refractivity contribution is 5.97. The lowest BCUT2D eigenvalue weighted by Gasteiger charge is -2.02. The highest BCUT2D eigenvalue weighted by Crippen LogP contribution is 2.38. The number of carbonyl (C=O) groups excluding carboxylic acids is 2. The van der Waals surface area contributed by atoms with Crippen LogP contribution in [0.5, 0.6) is 5.88 Å². The molecule has 0 radical (unpaired) electrons. The molecule has 1 aromatic carbocycles. The predicted molar refractivity (Wildman–Crippen MR) is 99.9 cm³/mol. The fourth-order valence-electron chi connectivity index (χ4n) is 2.59. The lowest BCUT2D eigenvalue weighted by Crippen LogP contribution is -2.28. The summed E-state index contributed by atoms with van der Waals surface area (Å²) in [4.78, 5) is 27.7. The molecular weight excluding hydrogens is 346 g/mol. The molecule has 8 nitrogen and oxygen atoms in total. The summed E-state index contributed by atoms with van der Waals surface area (Å²) in [6.07, 6.45) is 4.61. The van der Waals surface area contributed by atoms with Crippen molar-refractivity contribution in [2.24, 2.45) is 10.2 Å². The lowest BCUT2D eigenvalue weighted by atomic mass is 10.2. The molecule has 3 aromatic rings. The number of rotatable bonds is 6. The average molecular weight is 363 g/mol. The van der Waals surface area contributed by atoms with Crippen molar-refractivity contribution in [3.05, 3.63) is 67.0 Å². The van der Waals surface area contributed by atoms with Gasteiger partial charge in [0.25, 0.3) is 11.8 Å². The maximum absolute atomic E-state index is 11.9. The van der Waals surface area contributed by atoms with Crippen molar-refractivity contribution in [1.29, 1.82) is 0 Å². The lowest BCUT2D eigenvalue weighted by molar-refractivity contribution is -0.117. The van der Waals surface area contributed by atoms with E-state index in [9.17, 15) is 14.7 Å². The van der Waals surface area contributed by atoms with Crippen LogP contribution in [0.25, 0.3) is 10.9 Å². The molecule has 2 amide bonds. The van der Waals surface area contributed by atoms with Crippen molar-refractivity contribution < 1.29 is 14.7 Å². The largest absolute Gasteiger partial charge is 0.493 e. The quantitative estimate of drug-likeness (QED) is 0.518. The molecule has 2 heterocycles. The van der Waals surface area contributed by atoms with Crippen molar-refractivity contribution >= 4 is 28.4 Å². The van der Waals surface area contributed by atoms with Crippen LogP contribution in [0.2, 0.25) is 0 Å². The number of aromatic nitrogens is 2. The van der Waals surface area contributed by atoms with Gasteiger partial charge >= 0.3 is 0 Å². The average Bonchev–Trinajstić information content (AvgIpc) is 2.97. The monoisotopic (exact) mass is 363 g/mol. The number of aromatic hydroxyl groups is 1. The molecule has 2 aromatic heterocycles. The Morgan fingerprint density at radius 3 is 2.70 bits per heavy atom. The minimum Gasteiger partial charge on any atom is -0.493 e. The van der Waals surface area contributed by atoms with E-state index in [1.807, 2.05) is 12.1 Å². The van der Waals surface area contributed by atoms with Crippen LogP contribution in [-0.4, -0.2) is 33.0 Å². The first-order chi connectivity index (χ1) is 13.1. The predicted octanol–water partition coefficient (Wildman–Crippen LogP) is 2.97. The molecule has 0 fully saturated rings. The number of para-hydroxylation sites is 1. The first-order valence-electron chi connectivity index (χ1n) is 8.15. The first kappa shape index (κ1) is 18.0. The van der Waals surface area contributed by atoms with Gasteiger partial charge in [-0.15, -0.1) is 16.8 Å². The topological polar surface area (TPSA) is 109 Å². The number of fused-ring (bicyclic) bond motifs is 1. The molecule has 0 spiro atoms. The number of allylic oxidation sites excluding steroid dienone is 1. The van der Waals surface area contributed by atoms with Crippen LogP contribution in [-0.2, 0) is 11.3 Å². The van der Waals surface area contributed by atoms with Gasteiger partial charge < -0.3 is 15.0 Å². The summed E-state index contributed by atoms with van der Waals surface area (Å²) in [6, 6.07) is 10.3. The first-order valence-corrected chi connectivity index (χ1v) is 8.15. The van der Waals surface area contributed by atoms with Crippen LogP contribution in [0.15, 0.2) is 71.7 Å². The second-order valence-corrected chi connectivity index (χ2v) is 5.60. The zero-order chi connectivity index (χ0) is 19.2. The SMILES string of the molecule is C=CCn1c(O)c(N=NC(=O)CNC(=O)c2ccncc2)c2ccccc21. The molecule has 27 heavy (non-hydrogen) atoms. The van der Waals surface area contributed by atoms with Gasteiger partial charge in [-0.2, -0.15) is 0 Å². The molecular formula is C19H17N5O3. The Labute approximate surface area is 154 Å².